The van der Waals surface area contributed by atoms with Crippen molar-refractivity contribution in [2.45, 2.75) is 0 Å². The molecule has 0 atom stereocenters. The second-order valence-corrected chi connectivity index (χ2v) is 2.50. The van der Waals surface area contributed by atoms with E-state index in [4.69, 9.17) is 11.2 Å². The fourth-order valence-electron chi connectivity index (χ4n) is 1.04. The van der Waals surface area contributed by atoms with Gasteiger partial charge in [-0.25, -0.2) is 4.79 Å². The van der Waals surface area contributed by atoms with Crippen LogP contribution >= 0.6 is 0 Å². The molecule has 0 radical (unpaired) electrons. The number of rotatable bonds is 1. The van der Waals surface area contributed by atoms with Crippen molar-refractivity contribution in [2.24, 2.45) is 0 Å². The normalized spacial score (nSPS) is 16.8. The molecule has 0 aliphatic carbocycles. The average Bonchev–Trinajstić information content (AvgIpc) is 2.15. The Kier molecular flexibility index (Phi) is 3.42. The lowest BCUT2D eigenvalue weighted by Crippen LogP contribution is -2.46. The molecule has 0 aromatic carbocycles. The molecule has 1 N–H and O–H groups in total. The van der Waals surface area contributed by atoms with E-state index < -0.39 is 0 Å². The molecular formula is C8H12N2O2. The van der Waals surface area contributed by atoms with Crippen molar-refractivity contribution < 1.29 is 9.53 Å². The van der Waals surface area contributed by atoms with E-state index in [1.807, 2.05) is 0 Å². The van der Waals surface area contributed by atoms with E-state index in [1.165, 1.54) is 0 Å². The minimum Gasteiger partial charge on any atom is -0.436 e. The van der Waals surface area contributed by atoms with Gasteiger partial charge in [-0.1, -0.05) is 5.92 Å². The Balaban J connectivity index is 2.26. The third-order valence-electron chi connectivity index (χ3n) is 1.65. The van der Waals surface area contributed by atoms with E-state index in [2.05, 4.69) is 11.2 Å². The van der Waals surface area contributed by atoms with Gasteiger partial charge in [0.25, 0.3) is 0 Å². The first-order chi connectivity index (χ1) is 5.84. The Hall–Kier alpha value is -1.21. The minimum absolute atomic E-state index is 0.0583. The van der Waals surface area contributed by atoms with Crippen LogP contribution in [0, 0.1) is 12.3 Å². The number of hydrogen-bond acceptors (Lipinski definition) is 3. The molecule has 1 fully saturated rings. The van der Waals surface area contributed by atoms with Crippen molar-refractivity contribution in [3.8, 4) is 12.3 Å². The number of carbonyl (C=O) groups is 1. The molecule has 1 heterocycles. The molecule has 0 aromatic rings. The second kappa shape index (κ2) is 4.62. The molecule has 0 saturated carbocycles. The second-order valence-electron chi connectivity index (χ2n) is 2.50. The lowest BCUT2D eigenvalue weighted by molar-refractivity contribution is 0.109. The van der Waals surface area contributed by atoms with E-state index in [1.54, 1.807) is 4.90 Å². The summed E-state index contributed by atoms with van der Waals surface area (Å²) in [6.45, 7) is 3.10. The standard InChI is InChI=1S/C8H12N2O2/c1-2-7-12-8(11)10-5-3-9-4-6-10/h1,9H,3-7H2. The van der Waals surface area contributed by atoms with Crippen LogP contribution in [-0.4, -0.2) is 43.8 Å². The summed E-state index contributed by atoms with van der Waals surface area (Å²) in [5, 5.41) is 3.14. The Labute approximate surface area is 71.9 Å². The zero-order chi connectivity index (χ0) is 8.81. The number of carbonyl (C=O) groups excluding carboxylic acids is 1. The van der Waals surface area contributed by atoms with Crippen LogP contribution in [0.3, 0.4) is 0 Å². The minimum atomic E-state index is -0.311. The van der Waals surface area contributed by atoms with Crippen molar-refractivity contribution in [2.75, 3.05) is 32.8 Å². The molecule has 0 unspecified atom stereocenters. The Morgan fingerprint density at radius 2 is 2.25 bits per heavy atom. The predicted octanol–water partition coefficient (Wildman–Crippen LogP) is -0.339. The zero-order valence-corrected chi connectivity index (χ0v) is 6.88. The summed E-state index contributed by atoms with van der Waals surface area (Å²) < 4.78 is 4.75. The van der Waals surface area contributed by atoms with Crippen LogP contribution in [0.1, 0.15) is 0 Å². The predicted molar refractivity (Wildman–Crippen MR) is 44.6 cm³/mol. The molecule has 0 bridgehead atoms. The fraction of sp³-hybridized carbons (Fsp3) is 0.625. The van der Waals surface area contributed by atoms with Gasteiger partial charge < -0.3 is 15.0 Å². The molecule has 1 amide bonds. The summed E-state index contributed by atoms with van der Waals surface area (Å²) in [6, 6.07) is 0. The lowest BCUT2D eigenvalue weighted by atomic mass is 10.4. The number of ether oxygens (including phenoxy) is 1. The van der Waals surface area contributed by atoms with Gasteiger partial charge in [0.1, 0.15) is 0 Å². The molecule has 0 spiro atoms. The molecule has 1 rings (SSSR count). The van der Waals surface area contributed by atoms with E-state index >= 15 is 0 Å². The van der Waals surface area contributed by atoms with Crippen LogP contribution in [0.4, 0.5) is 4.79 Å². The monoisotopic (exact) mass is 168 g/mol. The molecule has 12 heavy (non-hydrogen) atoms. The first-order valence-corrected chi connectivity index (χ1v) is 3.90. The van der Waals surface area contributed by atoms with Crippen molar-refractivity contribution in [3.63, 3.8) is 0 Å². The molecule has 1 aliphatic rings. The first-order valence-electron chi connectivity index (χ1n) is 3.90. The van der Waals surface area contributed by atoms with Gasteiger partial charge in [-0.15, -0.1) is 6.42 Å². The maximum atomic E-state index is 11.1. The Morgan fingerprint density at radius 1 is 1.58 bits per heavy atom. The van der Waals surface area contributed by atoms with Crippen LogP contribution in [0.25, 0.3) is 0 Å². The van der Waals surface area contributed by atoms with Crippen LogP contribution in [0.15, 0.2) is 0 Å². The molecule has 66 valence electrons. The molecule has 1 saturated heterocycles. The van der Waals surface area contributed by atoms with Crippen molar-refractivity contribution in [3.05, 3.63) is 0 Å². The SMILES string of the molecule is C#CCOC(=O)N1CCNCC1. The van der Waals surface area contributed by atoms with Crippen LogP contribution in [0.2, 0.25) is 0 Å². The van der Waals surface area contributed by atoms with Gasteiger partial charge in [-0.2, -0.15) is 0 Å². The number of nitrogens with zero attached hydrogens (tertiary/aromatic N) is 1. The maximum Gasteiger partial charge on any atom is 0.410 e. The van der Waals surface area contributed by atoms with Crippen molar-refractivity contribution in [1.82, 2.24) is 10.2 Å². The topological polar surface area (TPSA) is 41.6 Å². The van der Waals surface area contributed by atoms with Crippen LogP contribution in [0.5, 0.6) is 0 Å². The largest absolute Gasteiger partial charge is 0.436 e. The van der Waals surface area contributed by atoms with Gasteiger partial charge in [0, 0.05) is 26.2 Å². The summed E-state index contributed by atoms with van der Waals surface area (Å²) in [5.41, 5.74) is 0. The van der Waals surface area contributed by atoms with E-state index in [0.29, 0.717) is 13.1 Å². The summed E-state index contributed by atoms with van der Waals surface area (Å²) in [5.74, 6) is 2.25. The number of terminal acetylenes is 1. The van der Waals surface area contributed by atoms with E-state index in [-0.39, 0.29) is 12.7 Å². The highest BCUT2D eigenvalue weighted by atomic mass is 16.6. The Bertz CT molecular complexity index is 192. The highest BCUT2D eigenvalue weighted by Gasteiger charge is 2.16. The molecular weight excluding hydrogens is 156 g/mol. The highest BCUT2D eigenvalue weighted by Crippen LogP contribution is 1.95. The van der Waals surface area contributed by atoms with Gasteiger partial charge in [0.15, 0.2) is 6.61 Å². The average molecular weight is 168 g/mol. The summed E-state index contributed by atoms with van der Waals surface area (Å²) in [7, 11) is 0. The molecule has 4 heteroatoms. The molecule has 4 nitrogen and oxygen atoms in total. The van der Waals surface area contributed by atoms with Crippen molar-refractivity contribution >= 4 is 6.09 Å². The van der Waals surface area contributed by atoms with Crippen LogP contribution in [-0.2, 0) is 4.74 Å². The third-order valence-corrected chi connectivity index (χ3v) is 1.65. The smallest absolute Gasteiger partial charge is 0.410 e. The van der Waals surface area contributed by atoms with Gasteiger partial charge in [-0.05, 0) is 0 Å². The van der Waals surface area contributed by atoms with Crippen molar-refractivity contribution in [1.29, 1.82) is 0 Å². The van der Waals surface area contributed by atoms with Gasteiger partial charge in [0.05, 0.1) is 0 Å². The van der Waals surface area contributed by atoms with Gasteiger partial charge in [0.2, 0.25) is 0 Å². The quantitative estimate of drug-likeness (QED) is 0.545. The third kappa shape index (κ3) is 2.44. The highest BCUT2D eigenvalue weighted by molar-refractivity contribution is 5.67. The summed E-state index contributed by atoms with van der Waals surface area (Å²) in [4.78, 5) is 12.8. The number of amides is 1. The number of hydrogen-bond donors (Lipinski definition) is 1. The Morgan fingerprint density at radius 3 is 2.83 bits per heavy atom. The van der Waals surface area contributed by atoms with E-state index in [9.17, 15) is 4.79 Å². The number of piperazine rings is 1. The molecule has 0 aromatic heterocycles. The van der Waals surface area contributed by atoms with E-state index in [0.717, 1.165) is 13.1 Å². The zero-order valence-electron chi connectivity index (χ0n) is 6.88. The van der Waals surface area contributed by atoms with Gasteiger partial charge in [-0.3, -0.25) is 0 Å². The maximum absolute atomic E-state index is 11.1. The van der Waals surface area contributed by atoms with Gasteiger partial charge >= 0.3 is 6.09 Å². The summed E-state index contributed by atoms with van der Waals surface area (Å²) >= 11 is 0. The number of nitrogens with one attached hydrogen (secondary N) is 1. The fourth-order valence-corrected chi connectivity index (χ4v) is 1.04. The molecule has 1 aliphatic heterocycles. The lowest BCUT2D eigenvalue weighted by Gasteiger charge is -2.26. The summed E-state index contributed by atoms with van der Waals surface area (Å²) in [6.07, 6.45) is 4.64. The first kappa shape index (κ1) is 8.88. The van der Waals surface area contributed by atoms with Crippen LogP contribution < -0.4 is 5.32 Å².